The summed E-state index contributed by atoms with van der Waals surface area (Å²) in [5.41, 5.74) is 3.25. The van der Waals surface area contributed by atoms with E-state index in [2.05, 4.69) is 35.6 Å². The molecule has 0 saturated carbocycles. The molecular weight excluding hydrogens is 386 g/mol. The maximum Gasteiger partial charge on any atom is 0.337 e. The van der Waals surface area contributed by atoms with Crippen molar-refractivity contribution in [3.05, 3.63) is 83.4 Å². The second-order valence-electron chi connectivity index (χ2n) is 6.76. The minimum absolute atomic E-state index is 0.287. The predicted octanol–water partition coefficient (Wildman–Crippen LogP) is 3.39. The van der Waals surface area contributed by atoms with Gasteiger partial charge < -0.3 is 20.3 Å². The molecule has 7 heteroatoms. The number of hydrogen-bond acceptors (Lipinski definition) is 5. The molecule has 158 valence electrons. The van der Waals surface area contributed by atoms with Crippen molar-refractivity contribution in [2.24, 2.45) is 0 Å². The third kappa shape index (κ3) is 7.18. The standard InChI is InChI=1S/C19H21NO2.C4H4O4/c1-22-19(21)16-9-7-15(8-10-16)18-13-17(11-12-20-18)14-5-3-2-4-6-14;5-3(6)1-2-4(7)8/h2-10,17-18,20H,11-13H2,1H3;1-2H,(H,5,6)(H,7,8)/b;2-1-/t17?,18-;/m0./s1. The Kier molecular flexibility index (Phi) is 8.77. The minimum Gasteiger partial charge on any atom is -0.478 e. The van der Waals surface area contributed by atoms with Gasteiger partial charge in [-0.3, -0.25) is 0 Å². The second-order valence-corrected chi connectivity index (χ2v) is 6.76. The molecule has 0 bridgehead atoms. The molecule has 0 aliphatic carbocycles. The molecule has 1 saturated heterocycles. The van der Waals surface area contributed by atoms with E-state index in [9.17, 15) is 14.4 Å². The first-order valence-electron chi connectivity index (χ1n) is 9.51. The maximum atomic E-state index is 11.5. The van der Waals surface area contributed by atoms with Gasteiger partial charge in [-0.2, -0.15) is 0 Å². The summed E-state index contributed by atoms with van der Waals surface area (Å²) in [6, 6.07) is 18.8. The van der Waals surface area contributed by atoms with Crippen LogP contribution >= 0.6 is 0 Å². The molecule has 3 N–H and O–H groups in total. The average Bonchev–Trinajstić information content (AvgIpc) is 2.78. The van der Waals surface area contributed by atoms with Crippen LogP contribution in [-0.4, -0.2) is 41.8 Å². The third-order valence-electron chi connectivity index (χ3n) is 4.78. The van der Waals surface area contributed by atoms with E-state index in [1.165, 1.54) is 24.7 Å². The number of aliphatic carboxylic acids is 2. The highest BCUT2D eigenvalue weighted by molar-refractivity contribution is 5.90. The van der Waals surface area contributed by atoms with Crippen molar-refractivity contribution >= 4 is 17.9 Å². The van der Waals surface area contributed by atoms with E-state index in [-0.39, 0.29) is 5.97 Å². The maximum absolute atomic E-state index is 11.5. The Morgan fingerprint density at radius 2 is 1.53 bits per heavy atom. The Hall–Kier alpha value is -3.45. The average molecular weight is 411 g/mol. The van der Waals surface area contributed by atoms with Crippen molar-refractivity contribution in [3.8, 4) is 0 Å². The second kappa shape index (κ2) is 11.5. The Labute approximate surface area is 175 Å². The lowest BCUT2D eigenvalue weighted by atomic mass is 9.84. The van der Waals surface area contributed by atoms with Crippen LogP contribution in [0.1, 0.15) is 46.3 Å². The summed E-state index contributed by atoms with van der Waals surface area (Å²) < 4.78 is 4.74. The van der Waals surface area contributed by atoms with Gasteiger partial charge in [0, 0.05) is 18.2 Å². The normalized spacial score (nSPS) is 18.2. The Bertz CT molecular complexity index is 860. The van der Waals surface area contributed by atoms with Gasteiger partial charge in [0.15, 0.2) is 0 Å². The van der Waals surface area contributed by atoms with Crippen molar-refractivity contribution in [2.45, 2.75) is 24.8 Å². The van der Waals surface area contributed by atoms with E-state index in [1.54, 1.807) is 0 Å². The summed E-state index contributed by atoms with van der Waals surface area (Å²) in [5.74, 6) is -2.21. The summed E-state index contributed by atoms with van der Waals surface area (Å²) in [6.07, 6.45) is 3.37. The number of carboxylic acid groups (broad SMARTS) is 2. The van der Waals surface area contributed by atoms with Crippen LogP contribution in [0.5, 0.6) is 0 Å². The highest BCUT2D eigenvalue weighted by Crippen LogP contribution is 2.34. The number of carboxylic acids is 2. The number of ether oxygens (including phenoxy) is 1. The van der Waals surface area contributed by atoms with Crippen molar-refractivity contribution in [1.82, 2.24) is 5.32 Å². The molecule has 0 aromatic heterocycles. The number of carbonyl (C=O) groups excluding carboxylic acids is 1. The predicted molar refractivity (Wildman–Crippen MR) is 111 cm³/mol. The summed E-state index contributed by atoms with van der Waals surface area (Å²) >= 11 is 0. The molecule has 2 atom stereocenters. The summed E-state index contributed by atoms with van der Waals surface area (Å²) in [5, 5.41) is 19.2. The fourth-order valence-corrected chi connectivity index (χ4v) is 3.31. The molecule has 0 spiro atoms. The first kappa shape index (κ1) is 22.8. The fraction of sp³-hybridized carbons (Fsp3) is 0.261. The number of benzene rings is 2. The molecule has 3 rings (SSSR count). The largest absolute Gasteiger partial charge is 0.478 e. The lowest BCUT2D eigenvalue weighted by molar-refractivity contribution is -0.134. The van der Waals surface area contributed by atoms with Crippen LogP contribution in [0.2, 0.25) is 0 Å². The quantitative estimate of drug-likeness (QED) is 0.510. The lowest BCUT2D eigenvalue weighted by Gasteiger charge is -2.31. The SMILES string of the molecule is COC(=O)c1ccc([C@@H]2CC(c3ccccc3)CCN2)cc1.O=C(O)/C=C\C(=O)O. The first-order chi connectivity index (χ1) is 14.4. The van der Waals surface area contributed by atoms with Gasteiger partial charge in [0.1, 0.15) is 0 Å². The van der Waals surface area contributed by atoms with Gasteiger partial charge in [0.25, 0.3) is 0 Å². The zero-order valence-electron chi connectivity index (χ0n) is 16.7. The van der Waals surface area contributed by atoms with Crippen molar-refractivity contribution < 1.29 is 29.3 Å². The zero-order valence-corrected chi connectivity index (χ0v) is 16.7. The minimum atomic E-state index is -1.26. The molecule has 7 nitrogen and oxygen atoms in total. The van der Waals surface area contributed by atoms with Gasteiger partial charge in [-0.1, -0.05) is 42.5 Å². The number of rotatable bonds is 5. The van der Waals surface area contributed by atoms with Crippen LogP contribution in [-0.2, 0) is 14.3 Å². The molecule has 30 heavy (non-hydrogen) atoms. The molecule has 2 aromatic carbocycles. The van der Waals surface area contributed by atoms with Crippen molar-refractivity contribution in [1.29, 1.82) is 0 Å². The number of carbonyl (C=O) groups is 3. The van der Waals surface area contributed by atoms with Crippen molar-refractivity contribution in [3.63, 3.8) is 0 Å². The molecule has 1 aliphatic heterocycles. The number of piperidine rings is 1. The van der Waals surface area contributed by atoms with Crippen LogP contribution in [0.3, 0.4) is 0 Å². The topological polar surface area (TPSA) is 113 Å². The Morgan fingerprint density at radius 1 is 0.933 bits per heavy atom. The van der Waals surface area contributed by atoms with E-state index in [0.29, 0.717) is 29.7 Å². The molecular formula is C23H25NO6. The van der Waals surface area contributed by atoms with E-state index in [1.807, 2.05) is 24.3 Å². The van der Waals surface area contributed by atoms with Crippen LogP contribution in [0.4, 0.5) is 0 Å². The van der Waals surface area contributed by atoms with Crippen LogP contribution in [0.25, 0.3) is 0 Å². The van der Waals surface area contributed by atoms with Gasteiger partial charge >= 0.3 is 17.9 Å². The van der Waals surface area contributed by atoms with Crippen LogP contribution < -0.4 is 5.32 Å². The van der Waals surface area contributed by atoms with Gasteiger partial charge in [-0.25, -0.2) is 14.4 Å². The van der Waals surface area contributed by atoms with Gasteiger partial charge in [-0.15, -0.1) is 0 Å². The van der Waals surface area contributed by atoms with E-state index in [4.69, 9.17) is 14.9 Å². The number of nitrogens with one attached hydrogen (secondary N) is 1. The molecule has 1 aliphatic rings. The summed E-state index contributed by atoms with van der Waals surface area (Å²) in [6.45, 7) is 1.02. The van der Waals surface area contributed by atoms with E-state index in [0.717, 1.165) is 13.0 Å². The van der Waals surface area contributed by atoms with Crippen LogP contribution in [0, 0.1) is 0 Å². The zero-order chi connectivity index (χ0) is 21.9. The monoisotopic (exact) mass is 411 g/mol. The molecule has 1 heterocycles. The molecule has 1 fully saturated rings. The first-order valence-corrected chi connectivity index (χ1v) is 9.51. The highest BCUT2D eigenvalue weighted by atomic mass is 16.5. The number of methoxy groups -OCH3 is 1. The molecule has 0 amide bonds. The molecule has 1 unspecified atom stereocenters. The van der Waals surface area contributed by atoms with E-state index >= 15 is 0 Å². The summed E-state index contributed by atoms with van der Waals surface area (Å²) in [4.78, 5) is 30.6. The Balaban J connectivity index is 0.000000343. The smallest absolute Gasteiger partial charge is 0.337 e. The van der Waals surface area contributed by atoms with Gasteiger partial charge in [0.05, 0.1) is 12.7 Å². The fourth-order valence-electron chi connectivity index (χ4n) is 3.31. The Morgan fingerprint density at radius 3 is 2.07 bits per heavy atom. The summed E-state index contributed by atoms with van der Waals surface area (Å²) in [7, 11) is 1.41. The molecule has 2 aromatic rings. The van der Waals surface area contributed by atoms with Gasteiger partial charge in [-0.05, 0) is 48.6 Å². The number of esters is 1. The van der Waals surface area contributed by atoms with Crippen LogP contribution in [0.15, 0.2) is 66.7 Å². The highest BCUT2D eigenvalue weighted by Gasteiger charge is 2.23. The lowest BCUT2D eigenvalue weighted by Crippen LogP contribution is -2.30. The van der Waals surface area contributed by atoms with Gasteiger partial charge in [0.2, 0.25) is 0 Å². The number of hydrogen-bond donors (Lipinski definition) is 3. The molecule has 0 radical (unpaired) electrons. The van der Waals surface area contributed by atoms with E-state index < -0.39 is 11.9 Å². The van der Waals surface area contributed by atoms with Crippen molar-refractivity contribution in [2.75, 3.05) is 13.7 Å². The third-order valence-corrected chi connectivity index (χ3v) is 4.78.